The van der Waals surface area contributed by atoms with Crippen LogP contribution in [0.1, 0.15) is 10.4 Å². The Morgan fingerprint density at radius 1 is 1.14 bits per heavy atom. The first kappa shape index (κ1) is 18.6. The van der Waals surface area contributed by atoms with E-state index in [1.165, 1.54) is 11.0 Å². The average Bonchev–Trinajstić information content (AvgIpc) is 3.27. The fourth-order valence-corrected chi connectivity index (χ4v) is 3.86. The topological polar surface area (TPSA) is 54.9 Å². The van der Waals surface area contributed by atoms with Gasteiger partial charge in [-0.05, 0) is 38.4 Å². The van der Waals surface area contributed by atoms with Crippen LogP contribution in [0.4, 0.5) is 13.9 Å². The van der Waals surface area contributed by atoms with Gasteiger partial charge in [0.2, 0.25) is 6.79 Å². The maximum Gasteiger partial charge on any atom is 0.260 e. The van der Waals surface area contributed by atoms with Crippen LogP contribution in [0.2, 0.25) is 0 Å². The van der Waals surface area contributed by atoms with Crippen LogP contribution < -0.4 is 14.4 Å². The molecule has 0 spiro atoms. The van der Waals surface area contributed by atoms with Gasteiger partial charge in [0, 0.05) is 24.7 Å². The van der Waals surface area contributed by atoms with E-state index in [0.29, 0.717) is 40.0 Å². The molecule has 2 heterocycles. The summed E-state index contributed by atoms with van der Waals surface area (Å²) >= 11 is 1.07. The molecule has 0 aliphatic carbocycles. The van der Waals surface area contributed by atoms with E-state index in [4.69, 9.17) is 9.47 Å². The van der Waals surface area contributed by atoms with Crippen molar-refractivity contribution in [2.75, 3.05) is 38.9 Å². The molecule has 0 N–H and O–H groups in total. The highest BCUT2D eigenvalue weighted by atomic mass is 32.1. The summed E-state index contributed by atoms with van der Waals surface area (Å²) in [4.78, 5) is 20.9. The van der Waals surface area contributed by atoms with Gasteiger partial charge in [-0.3, -0.25) is 9.69 Å². The van der Waals surface area contributed by atoms with E-state index in [1.807, 2.05) is 19.0 Å². The molecule has 1 aromatic heterocycles. The molecule has 0 saturated heterocycles. The Hall–Kier alpha value is -2.78. The molecule has 0 fully saturated rings. The Balaban J connectivity index is 1.72. The van der Waals surface area contributed by atoms with Crippen molar-refractivity contribution in [3.8, 4) is 11.5 Å². The molecule has 0 bridgehead atoms. The summed E-state index contributed by atoms with van der Waals surface area (Å²) in [5.41, 5.74) is 0.448. The quantitative estimate of drug-likeness (QED) is 0.650. The number of thiazole rings is 1. The van der Waals surface area contributed by atoms with Crippen LogP contribution in [0.25, 0.3) is 10.2 Å². The maximum absolute atomic E-state index is 14.1. The lowest BCUT2D eigenvalue weighted by molar-refractivity contribution is 0.0984. The number of anilines is 1. The minimum atomic E-state index is -0.749. The fourth-order valence-electron chi connectivity index (χ4n) is 2.83. The van der Waals surface area contributed by atoms with Crippen LogP contribution >= 0.6 is 11.3 Å². The van der Waals surface area contributed by atoms with Gasteiger partial charge in [-0.2, -0.15) is 0 Å². The molecule has 28 heavy (non-hydrogen) atoms. The number of ether oxygens (including phenoxy) is 2. The van der Waals surface area contributed by atoms with Crippen molar-refractivity contribution < 1.29 is 23.0 Å². The van der Waals surface area contributed by atoms with E-state index in [0.717, 1.165) is 17.4 Å². The van der Waals surface area contributed by atoms with Gasteiger partial charge in [-0.1, -0.05) is 11.3 Å². The number of aromatic nitrogens is 1. The van der Waals surface area contributed by atoms with Crippen molar-refractivity contribution in [2.45, 2.75) is 0 Å². The number of fused-ring (bicyclic) bond motifs is 2. The molecule has 0 unspecified atom stereocenters. The lowest BCUT2D eigenvalue weighted by Crippen LogP contribution is -2.36. The highest BCUT2D eigenvalue weighted by Crippen LogP contribution is 2.35. The number of likely N-dealkylation sites (N-methyl/N-ethyl adjacent to an activating group) is 1. The van der Waals surface area contributed by atoms with Crippen LogP contribution in [-0.2, 0) is 0 Å². The summed E-state index contributed by atoms with van der Waals surface area (Å²) in [5, 5.41) is 0.309. The standard InChI is InChI=1S/C19H17F2N3O3S/c1-23(2)5-6-24(18(25)11-3-4-14-15(7-11)27-10-26-14)19-22-17-13(21)8-12(20)9-16(17)28-19/h3-4,7-9H,5-6,10H2,1-2H3. The monoisotopic (exact) mass is 405 g/mol. The van der Waals surface area contributed by atoms with E-state index >= 15 is 0 Å². The third-order valence-electron chi connectivity index (χ3n) is 4.27. The highest BCUT2D eigenvalue weighted by molar-refractivity contribution is 7.22. The van der Waals surface area contributed by atoms with Crippen molar-refractivity contribution in [1.82, 2.24) is 9.88 Å². The molecule has 1 aliphatic heterocycles. The molecule has 2 aromatic carbocycles. The summed E-state index contributed by atoms with van der Waals surface area (Å²) in [6.45, 7) is 1.02. The first-order chi connectivity index (χ1) is 13.4. The summed E-state index contributed by atoms with van der Waals surface area (Å²) in [5.74, 6) is -0.660. The molecule has 0 radical (unpaired) electrons. The summed E-state index contributed by atoms with van der Waals surface area (Å²) in [7, 11) is 3.77. The first-order valence-corrected chi connectivity index (χ1v) is 9.36. The van der Waals surface area contributed by atoms with E-state index < -0.39 is 11.6 Å². The molecule has 4 rings (SSSR count). The second-order valence-corrected chi connectivity index (χ2v) is 7.57. The van der Waals surface area contributed by atoms with E-state index in [1.54, 1.807) is 18.2 Å². The third kappa shape index (κ3) is 3.50. The highest BCUT2D eigenvalue weighted by Gasteiger charge is 2.24. The van der Waals surface area contributed by atoms with Gasteiger partial charge < -0.3 is 14.4 Å². The molecule has 0 atom stereocenters. The second-order valence-electron chi connectivity index (χ2n) is 6.56. The van der Waals surface area contributed by atoms with Gasteiger partial charge in [-0.25, -0.2) is 13.8 Å². The number of halogens is 2. The molecular formula is C19H17F2N3O3S. The molecule has 6 nitrogen and oxygen atoms in total. The Labute approximate surface area is 163 Å². The van der Waals surface area contributed by atoms with Crippen LogP contribution in [0, 0.1) is 11.6 Å². The lowest BCUT2D eigenvalue weighted by Gasteiger charge is -2.22. The van der Waals surface area contributed by atoms with Crippen molar-refractivity contribution >= 4 is 32.6 Å². The third-order valence-corrected chi connectivity index (χ3v) is 5.29. The minimum absolute atomic E-state index is 0.0507. The number of benzene rings is 2. The van der Waals surface area contributed by atoms with Crippen molar-refractivity contribution in [3.05, 3.63) is 47.5 Å². The lowest BCUT2D eigenvalue weighted by atomic mass is 10.2. The van der Waals surface area contributed by atoms with Gasteiger partial charge in [0.05, 0.1) is 4.70 Å². The summed E-state index contributed by atoms with van der Waals surface area (Å²) < 4.78 is 38.6. The molecular weight excluding hydrogens is 388 g/mol. The number of amides is 1. The average molecular weight is 405 g/mol. The number of rotatable bonds is 5. The maximum atomic E-state index is 14.1. The SMILES string of the molecule is CN(C)CCN(C(=O)c1ccc2c(c1)OCO2)c1nc2c(F)cc(F)cc2s1. The molecule has 1 amide bonds. The van der Waals surface area contributed by atoms with Crippen molar-refractivity contribution in [2.24, 2.45) is 0 Å². The number of carbonyl (C=O) groups is 1. The van der Waals surface area contributed by atoms with Crippen LogP contribution in [0.15, 0.2) is 30.3 Å². The van der Waals surface area contributed by atoms with Crippen LogP contribution in [-0.4, -0.2) is 49.8 Å². The van der Waals surface area contributed by atoms with E-state index in [2.05, 4.69) is 4.98 Å². The number of carbonyl (C=O) groups excluding carboxylic acids is 1. The summed E-state index contributed by atoms with van der Waals surface area (Å²) in [6, 6.07) is 6.93. The Morgan fingerprint density at radius 3 is 2.71 bits per heavy atom. The van der Waals surface area contributed by atoms with Gasteiger partial charge in [0.25, 0.3) is 5.91 Å². The van der Waals surface area contributed by atoms with E-state index in [-0.39, 0.29) is 18.2 Å². The van der Waals surface area contributed by atoms with Gasteiger partial charge in [0.1, 0.15) is 11.3 Å². The van der Waals surface area contributed by atoms with E-state index in [9.17, 15) is 13.6 Å². The normalized spacial score (nSPS) is 12.8. The number of hydrogen-bond acceptors (Lipinski definition) is 6. The molecule has 0 saturated carbocycles. The van der Waals surface area contributed by atoms with Crippen molar-refractivity contribution in [3.63, 3.8) is 0 Å². The molecule has 9 heteroatoms. The summed E-state index contributed by atoms with van der Waals surface area (Å²) in [6.07, 6.45) is 0. The fraction of sp³-hybridized carbons (Fsp3) is 0.263. The van der Waals surface area contributed by atoms with Gasteiger partial charge in [-0.15, -0.1) is 0 Å². The Kier molecular flexibility index (Phi) is 4.86. The zero-order valence-electron chi connectivity index (χ0n) is 15.2. The first-order valence-electron chi connectivity index (χ1n) is 8.54. The minimum Gasteiger partial charge on any atom is -0.454 e. The molecule has 146 valence electrons. The van der Waals surface area contributed by atoms with Crippen LogP contribution in [0.3, 0.4) is 0 Å². The molecule has 3 aromatic rings. The zero-order valence-corrected chi connectivity index (χ0v) is 16.1. The predicted octanol–water partition coefficient (Wildman–Crippen LogP) is 3.51. The Bertz CT molecular complexity index is 1050. The second kappa shape index (κ2) is 7.33. The molecule has 1 aliphatic rings. The smallest absolute Gasteiger partial charge is 0.260 e. The number of nitrogens with zero attached hydrogens (tertiary/aromatic N) is 3. The predicted molar refractivity (Wildman–Crippen MR) is 102 cm³/mol. The largest absolute Gasteiger partial charge is 0.454 e. The number of hydrogen-bond donors (Lipinski definition) is 0. The Morgan fingerprint density at radius 2 is 1.93 bits per heavy atom. The zero-order chi connectivity index (χ0) is 19.8. The van der Waals surface area contributed by atoms with Gasteiger partial charge >= 0.3 is 0 Å². The van der Waals surface area contributed by atoms with Gasteiger partial charge in [0.15, 0.2) is 22.4 Å². The van der Waals surface area contributed by atoms with Crippen molar-refractivity contribution in [1.29, 1.82) is 0 Å². The van der Waals surface area contributed by atoms with Crippen LogP contribution in [0.5, 0.6) is 11.5 Å².